The van der Waals surface area contributed by atoms with Crippen molar-refractivity contribution < 1.29 is 9.53 Å². The predicted octanol–water partition coefficient (Wildman–Crippen LogP) is 0.785. The van der Waals surface area contributed by atoms with Crippen LogP contribution in [0.15, 0.2) is 4.79 Å². The lowest BCUT2D eigenvalue weighted by Gasteiger charge is -2.25. The van der Waals surface area contributed by atoms with E-state index >= 15 is 0 Å². The lowest BCUT2D eigenvalue weighted by Crippen LogP contribution is -2.36. The van der Waals surface area contributed by atoms with E-state index in [1.165, 1.54) is 11.3 Å². The van der Waals surface area contributed by atoms with Crippen molar-refractivity contribution >= 4 is 33.6 Å². The zero-order valence-electron chi connectivity index (χ0n) is 11.4. The zero-order valence-corrected chi connectivity index (χ0v) is 12.2. The Morgan fingerprint density at radius 2 is 2.43 bits per heavy atom. The van der Waals surface area contributed by atoms with Gasteiger partial charge in [0.15, 0.2) is 0 Å². The van der Waals surface area contributed by atoms with Crippen molar-refractivity contribution in [1.29, 1.82) is 0 Å². The molecule has 0 saturated carbocycles. The largest absolute Gasteiger partial charge is 0.450 e. The molecule has 0 radical (unpaired) electrons. The van der Waals surface area contributed by atoms with Crippen molar-refractivity contribution in [3.63, 3.8) is 0 Å². The molecule has 0 unspecified atom stereocenters. The first kappa shape index (κ1) is 13.8. The van der Waals surface area contributed by atoms with Gasteiger partial charge in [-0.05, 0) is 18.9 Å². The molecule has 0 saturated heterocycles. The number of carbonyl (C=O) groups excluding carboxylic acids is 1. The fourth-order valence-corrected chi connectivity index (χ4v) is 3.68. The highest BCUT2D eigenvalue weighted by atomic mass is 32.1. The Morgan fingerprint density at radius 1 is 1.62 bits per heavy atom. The molecule has 2 aromatic rings. The maximum Gasteiger partial charge on any atom is 0.410 e. The molecule has 3 heterocycles. The molecule has 1 amide bonds. The average Bonchev–Trinajstić information content (AvgIpc) is 2.84. The average molecular weight is 309 g/mol. The summed E-state index contributed by atoms with van der Waals surface area (Å²) in [6.45, 7) is 3.10. The molecule has 4 N–H and O–H groups in total. The molecule has 1 aliphatic heterocycles. The first-order valence-electron chi connectivity index (χ1n) is 6.57. The Balaban J connectivity index is 2.00. The summed E-state index contributed by atoms with van der Waals surface area (Å²) in [7, 11) is 0. The van der Waals surface area contributed by atoms with Gasteiger partial charge in [0, 0.05) is 11.4 Å². The Bertz CT molecular complexity index is 753. The summed E-state index contributed by atoms with van der Waals surface area (Å²) in [4.78, 5) is 34.0. The Labute approximate surface area is 123 Å². The van der Waals surface area contributed by atoms with Crippen molar-refractivity contribution in [3.8, 4) is 0 Å². The van der Waals surface area contributed by atoms with E-state index in [4.69, 9.17) is 10.6 Å². The lowest BCUT2D eigenvalue weighted by molar-refractivity contribution is 0.103. The van der Waals surface area contributed by atoms with E-state index in [9.17, 15) is 9.59 Å². The Morgan fingerprint density at radius 3 is 3.14 bits per heavy atom. The monoisotopic (exact) mass is 309 g/mol. The van der Waals surface area contributed by atoms with Crippen LogP contribution in [0.25, 0.3) is 10.2 Å². The quantitative estimate of drug-likeness (QED) is 0.558. The van der Waals surface area contributed by atoms with E-state index in [1.807, 2.05) is 0 Å². The number of anilines is 1. The minimum Gasteiger partial charge on any atom is -0.450 e. The van der Waals surface area contributed by atoms with E-state index in [0.29, 0.717) is 36.3 Å². The SMILES string of the molecule is CCOC(=O)N1CCc2c(sc3nc(NN)[nH]c(=O)c23)C1. The highest BCUT2D eigenvalue weighted by molar-refractivity contribution is 7.18. The molecule has 0 fully saturated rings. The number of amides is 1. The van der Waals surface area contributed by atoms with Crippen molar-refractivity contribution in [2.75, 3.05) is 18.6 Å². The van der Waals surface area contributed by atoms with E-state index in [2.05, 4.69) is 15.4 Å². The molecular formula is C12H15N5O3S. The summed E-state index contributed by atoms with van der Waals surface area (Å²) in [5, 5.41) is 0.595. The van der Waals surface area contributed by atoms with Gasteiger partial charge in [0.05, 0.1) is 18.5 Å². The third kappa shape index (κ3) is 2.34. The molecule has 3 rings (SSSR count). The van der Waals surface area contributed by atoms with Gasteiger partial charge in [0.2, 0.25) is 5.95 Å². The molecule has 2 aromatic heterocycles. The molecule has 112 valence electrons. The number of fused-ring (bicyclic) bond motifs is 3. The number of nitrogens with one attached hydrogen (secondary N) is 2. The summed E-state index contributed by atoms with van der Waals surface area (Å²) >= 11 is 1.41. The van der Waals surface area contributed by atoms with Gasteiger partial charge in [-0.1, -0.05) is 0 Å². The number of nitrogen functional groups attached to an aromatic ring is 1. The van der Waals surface area contributed by atoms with Crippen LogP contribution < -0.4 is 16.8 Å². The van der Waals surface area contributed by atoms with Crippen molar-refractivity contribution in [1.82, 2.24) is 14.9 Å². The third-order valence-corrected chi connectivity index (χ3v) is 4.48. The number of hydrazine groups is 1. The molecule has 8 nitrogen and oxygen atoms in total. The second-order valence-corrected chi connectivity index (χ2v) is 5.70. The Kier molecular flexibility index (Phi) is 3.52. The second kappa shape index (κ2) is 5.34. The predicted molar refractivity (Wildman–Crippen MR) is 79.2 cm³/mol. The lowest BCUT2D eigenvalue weighted by atomic mass is 10.1. The number of hydrogen-bond donors (Lipinski definition) is 3. The maximum atomic E-state index is 12.1. The van der Waals surface area contributed by atoms with Crippen molar-refractivity contribution in [2.45, 2.75) is 19.9 Å². The fraction of sp³-hybridized carbons (Fsp3) is 0.417. The molecule has 9 heteroatoms. The summed E-state index contributed by atoms with van der Waals surface area (Å²) in [5.41, 5.74) is 3.09. The number of carbonyl (C=O) groups is 1. The number of H-pyrrole nitrogens is 1. The van der Waals surface area contributed by atoms with Crippen LogP contribution in [-0.2, 0) is 17.7 Å². The second-order valence-electron chi connectivity index (χ2n) is 4.61. The molecule has 0 bridgehead atoms. The third-order valence-electron chi connectivity index (χ3n) is 3.37. The van der Waals surface area contributed by atoms with E-state index in [1.54, 1.807) is 11.8 Å². The fourth-order valence-electron chi connectivity index (χ4n) is 2.44. The molecule has 0 aliphatic carbocycles. The smallest absolute Gasteiger partial charge is 0.410 e. The number of nitrogens with zero attached hydrogens (tertiary/aromatic N) is 2. The molecule has 1 aliphatic rings. The zero-order chi connectivity index (χ0) is 15.0. The van der Waals surface area contributed by atoms with Crippen LogP contribution in [0.5, 0.6) is 0 Å². The highest BCUT2D eigenvalue weighted by Gasteiger charge is 2.26. The van der Waals surface area contributed by atoms with Gasteiger partial charge in [-0.15, -0.1) is 11.3 Å². The van der Waals surface area contributed by atoms with Gasteiger partial charge in [-0.25, -0.2) is 15.6 Å². The molecular weight excluding hydrogens is 294 g/mol. The number of aromatic amines is 1. The topological polar surface area (TPSA) is 113 Å². The van der Waals surface area contributed by atoms with Crippen LogP contribution in [0.2, 0.25) is 0 Å². The van der Waals surface area contributed by atoms with Crippen LogP contribution in [0, 0.1) is 0 Å². The summed E-state index contributed by atoms with van der Waals surface area (Å²) in [6, 6.07) is 0. The van der Waals surface area contributed by atoms with Crippen LogP contribution in [0.1, 0.15) is 17.4 Å². The van der Waals surface area contributed by atoms with Gasteiger partial charge >= 0.3 is 6.09 Å². The first-order valence-corrected chi connectivity index (χ1v) is 7.38. The van der Waals surface area contributed by atoms with Gasteiger partial charge in [0.1, 0.15) is 4.83 Å². The number of aromatic nitrogens is 2. The normalized spacial score (nSPS) is 14.1. The number of thiophene rings is 1. The number of nitrogens with two attached hydrogens (primary N) is 1. The molecule has 21 heavy (non-hydrogen) atoms. The van der Waals surface area contributed by atoms with Gasteiger partial charge < -0.3 is 9.64 Å². The van der Waals surface area contributed by atoms with E-state index in [0.717, 1.165) is 10.4 Å². The summed E-state index contributed by atoms with van der Waals surface area (Å²) in [5.74, 6) is 5.51. The van der Waals surface area contributed by atoms with Crippen LogP contribution in [-0.4, -0.2) is 34.1 Å². The molecule has 0 aromatic carbocycles. The minimum absolute atomic E-state index is 0.213. The highest BCUT2D eigenvalue weighted by Crippen LogP contribution is 2.32. The summed E-state index contributed by atoms with van der Waals surface area (Å²) in [6.07, 6.45) is 0.292. The van der Waals surface area contributed by atoms with Crippen LogP contribution >= 0.6 is 11.3 Å². The summed E-state index contributed by atoms with van der Waals surface area (Å²) < 4.78 is 5.01. The van der Waals surface area contributed by atoms with E-state index < -0.39 is 0 Å². The van der Waals surface area contributed by atoms with Crippen molar-refractivity contribution in [2.24, 2.45) is 5.84 Å². The Hall–Kier alpha value is -2.13. The van der Waals surface area contributed by atoms with Crippen LogP contribution in [0.4, 0.5) is 10.7 Å². The number of rotatable bonds is 2. The standard InChI is InChI=1S/C12H15N5O3S/c1-2-20-12(19)17-4-3-6-7(5-17)21-10-8(6)9(18)14-11(15-10)16-13/h2-5,13H2,1H3,(H2,14,15,16,18). The maximum absolute atomic E-state index is 12.1. The van der Waals surface area contributed by atoms with Crippen molar-refractivity contribution in [3.05, 3.63) is 20.8 Å². The minimum atomic E-state index is -0.327. The molecule has 0 atom stereocenters. The van der Waals surface area contributed by atoms with Gasteiger partial charge in [-0.2, -0.15) is 0 Å². The van der Waals surface area contributed by atoms with Gasteiger partial charge in [0.25, 0.3) is 5.56 Å². The van der Waals surface area contributed by atoms with Crippen LogP contribution in [0.3, 0.4) is 0 Å². The number of hydrogen-bond acceptors (Lipinski definition) is 7. The first-order chi connectivity index (χ1) is 10.1. The van der Waals surface area contributed by atoms with E-state index in [-0.39, 0.29) is 17.6 Å². The number of ether oxygens (including phenoxy) is 1. The van der Waals surface area contributed by atoms with Gasteiger partial charge in [-0.3, -0.25) is 15.2 Å². The molecule has 0 spiro atoms.